The van der Waals surface area contributed by atoms with Crippen LogP contribution in [0.25, 0.3) is 0 Å². The van der Waals surface area contributed by atoms with Crippen molar-refractivity contribution in [3.05, 3.63) is 60.2 Å². The lowest BCUT2D eigenvalue weighted by Crippen LogP contribution is -2.60. The predicted molar refractivity (Wildman–Crippen MR) is 126 cm³/mol. The van der Waals surface area contributed by atoms with E-state index in [-0.39, 0.29) is 5.92 Å². The molecule has 1 aromatic rings. The van der Waals surface area contributed by atoms with Crippen LogP contribution in [0.15, 0.2) is 54.6 Å². The lowest BCUT2D eigenvalue weighted by molar-refractivity contribution is -0.146. The first kappa shape index (κ1) is 22.3. The van der Waals surface area contributed by atoms with Crippen LogP contribution >= 0.6 is 0 Å². The van der Waals surface area contributed by atoms with Gasteiger partial charge in [-0.25, -0.2) is 4.79 Å². The molecular weight excluding hydrogens is 384 g/mol. The maximum atomic E-state index is 12.4. The van der Waals surface area contributed by atoms with Crippen molar-refractivity contribution in [2.75, 3.05) is 26.2 Å². The van der Waals surface area contributed by atoms with Gasteiger partial charge in [0.25, 0.3) is 0 Å². The van der Waals surface area contributed by atoms with E-state index in [1.165, 1.54) is 31.2 Å². The molecule has 4 rings (SSSR count). The third kappa shape index (κ3) is 4.65. The van der Waals surface area contributed by atoms with Crippen LogP contribution in [-0.2, 0) is 4.79 Å². The fraction of sp³-hybridized carbons (Fsp3) is 0.593. The molecule has 0 bridgehead atoms. The smallest absolute Gasteiger partial charge is 0.332 e. The van der Waals surface area contributed by atoms with E-state index in [4.69, 9.17) is 0 Å². The van der Waals surface area contributed by atoms with E-state index in [0.717, 1.165) is 32.1 Å². The van der Waals surface area contributed by atoms with Crippen molar-refractivity contribution in [1.82, 2.24) is 9.80 Å². The molecule has 4 nitrogen and oxygen atoms in total. The molecule has 0 amide bonds. The van der Waals surface area contributed by atoms with Gasteiger partial charge in [0.2, 0.25) is 0 Å². The highest BCUT2D eigenvalue weighted by Gasteiger charge is 2.43. The summed E-state index contributed by atoms with van der Waals surface area (Å²) in [6.07, 6.45) is 13.1. The Morgan fingerprint density at radius 3 is 2.03 bits per heavy atom. The zero-order chi connectivity index (χ0) is 22.1. The first-order valence-corrected chi connectivity index (χ1v) is 12.0. The average Bonchev–Trinajstić information content (AvgIpc) is 2.79. The van der Waals surface area contributed by atoms with Gasteiger partial charge >= 0.3 is 5.97 Å². The second kappa shape index (κ2) is 8.91. The van der Waals surface area contributed by atoms with Crippen LogP contribution in [0.4, 0.5) is 0 Å². The zero-order valence-electron chi connectivity index (χ0n) is 19.3. The van der Waals surface area contributed by atoms with Crippen molar-refractivity contribution < 1.29 is 9.90 Å². The van der Waals surface area contributed by atoms with Crippen LogP contribution in [-0.4, -0.2) is 58.6 Å². The molecule has 1 saturated carbocycles. The molecule has 1 saturated heterocycles. The molecule has 168 valence electrons. The molecule has 2 aliphatic carbocycles. The number of carboxylic acids is 1. The number of aliphatic carboxylic acids is 1. The Morgan fingerprint density at radius 2 is 1.52 bits per heavy atom. The first-order valence-electron chi connectivity index (χ1n) is 12.0. The lowest BCUT2D eigenvalue weighted by atomic mass is 9.71. The maximum absolute atomic E-state index is 12.4. The fourth-order valence-electron chi connectivity index (χ4n) is 5.77. The summed E-state index contributed by atoms with van der Waals surface area (Å²) in [5.74, 6) is 0.203. The Hall–Kier alpha value is -1.91. The minimum Gasteiger partial charge on any atom is -0.479 e. The van der Waals surface area contributed by atoms with Gasteiger partial charge in [-0.05, 0) is 42.6 Å². The Balaban J connectivity index is 1.37. The second-order valence-corrected chi connectivity index (χ2v) is 10.7. The number of rotatable bonds is 4. The molecule has 31 heavy (non-hydrogen) atoms. The first-order chi connectivity index (χ1) is 14.8. The van der Waals surface area contributed by atoms with E-state index >= 15 is 0 Å². The maximum Gasteiger partial charge on any atom is 0.332 e. The standard InChI is InChI=1S/C27H38N2O2/c1-26(2,3)23-9-11-24(12-10-23)28-17-19-29(20-18-28)27(25(30)31)15-13-22(14-16-27)21-7-5-4-6-8-21/h4-8,13-16,22-24H,9-12,17-20H2,1-3H3,(H,30,31)/t22?,23-,24-,27?. The molecule has 0 atom stereocenters. The quantitative estimate of drug-likeness (QED) is 0.698. The van der Waals surface area contributed by atoms with E-state index in [1.807, 2.05) is 30.4 Å². The largest absolute Gasteiger partial charge is 0.479 e. The summed E-state index contributed by atoms with van der Waals surface area (Å²) in [6.45, 7) is 10.6. The van der Waals surface area contributed by atoms with Crippen molar-refractivity contribution >= 4 is 5.97 Å². The predicted octanol–water partition coefficient (Wildman–Crippen LogP) is 4.94. The van der Waals surface area contributed by atoms with E-state index in [9.17, 15) is 9.90 Å². The van der Waals surface area contributed by atoms with Gasteiger partial charge in [-0.2, -0.15) is 0 Å². The van der Waals surface area contributed by atoms with Gasteiger partial charge in [0.15, 0.2) is 5.54 Å². The molecule has 0 unspecified atom stereocenters. The number of hydrogen-bond acceptors (Lipinski definition) is 3. The highest BCUT2D eigenvalue weighted by atomic mass is 16.4. The van der Waals surface area contributed by atoms with E-state index < -0.39 is 11.5 Å². The van der Waals surface area contributed by atoms with Gasteiger partial charge < -0.3 is 5.11 Å². The number of benzene rings is 1. The number of hydrogen-bond donors (Lipinski definition) is 1. The number of carboxylic acid groups (broad SMARTS) is 1. The number of allylic oxidation sites excluding steroid dienone is 2. The SMILES string of the molecule is CC(C)(C)[C@H]1CC[C@H](N2CCN(C3(C(=O)O)C=CC(c4ccccc4)C=C3)CC2)CC1. The van der Waals surface area contributed by atoms with Crippen molar-refractivity contribution in [3.8, 4) is 0 Å². The molecule has 4 heteroatoms. The lowest BCUT2D eigenvalue weighted by Gasteiger charge is -2.47. The van der Waals surface area contributed by atoms with E-state index in [2.05, 4.69) is 54.9 Å². The Kier molecular flexibility index (Phi) is 6.41. The number of carbonyl (C=O) groups is 1. The van der Waals surface area contributed by atoms with Crippen LogP contribution in [0, 0.1) is 11.3 Å². The minimum atomic E-state index is -1.01. The zero-order valence-corrected chi connectivity index (χ0v) is 19.3. The second-order valence-electron chi connectivity index (χ2n) is 10.7. The highest BCUT2D eigenvalue weighted by molar-refractivity contribution is 5.85. The molecule has 2 fully saturated rings. The summed E-state index contributed by atoms with van der Waals surface area (Å²) in [6, 6.07) is 10.9. The van der Waals surface area contributed by atoms with Crippen molar-refractivity contribution in [3.63, 3.8) is 0 Å². The molecule has 0 spiro atoms. The molecular formula is C27H38N2O2. The van der Waals surface area contributed by atoms with Crippen LogP contribution in [0.1, 0.15) is 57.9 Å². The minimum absolute atomic E-state index is 0.146. The van der Waals surface area contributed by atoms with Gasteiger partial charge in [-0.15, -0.1) is 0 Å². The Bertz CT molecular complexity index is 793. The Labute approximate surface area is 187 Å². The summed E-state index contributed by atoms with van der Waals surface area (Å²) in [7, 11) is 0. The van der Waals surface area contributed by atoms with Crippen molar-refractivity contribution in [2.24, 2.45) is 11.3 Å². The average molecular weight is 423 g/mol. The van der Waals surface area contributed by atoms with E-state index in [0.29, 0.717) is 11.5 Å². The van der Waals surface area contributed by atoms with Gasteiger partial charge in [-0.1, -0.05) is 75.4 Å². The molecule has 0 radical (unpaired) electrons. The third-order valence-electron chi connectivity index (χ3n) is 7.92. The summed E-state index contributed by atoms with van der Waals surface area (Å²) in [5, 5.41) is 10.2. The summed E-state index contributed by atoms with van der Waals surface area (Å²) in [5.41, 5.74) is 0.598. The number of nitrogens with zero attached hydrogens (tertiary/aromatic N) is 2. The topological polar surface area (TPSA) is 43.8 Å². The fourth-order valence-corrected chi connectivity index (χ4v) is 5.77. The molecule has 3 aliphatic rings. The molecule has 1 heterocycles. The normalized spacial score (nSPS) is 32.8. The van der Waals surface area contributed by atoms with Crippen molar-refractivity contribution in [2.45, 2.75) is 64.0 Å². The monoisotopic (exact) mass is 422 g/mol. The van der Waals surface area contributed by atoms with Crippen LogP contribution in [0.2, 0.25) is 0 Å². The Morgan fingerprint density at radius 1 is 0.935 bits per heavy atom. The van der Waals surface area contributed by atoms with Crippen LogP contribution in [0.3, 0.4) is 0 Å². The summed E-state index contributed by atoms with van der Waals surface area (Å²) in [4.78, 5) is 17.1. The van der Waals surface area contributed by atoms with E-state index in [1.54, 1.807) is 0 Å². The van der Waals surface area contributed by atoms with Gasteiger partial charge in [0.05, 0.1) is 0 Å². The summed E-state index contributed by atoms with van der Waals surface area (Å²) >= 11 is 0. The third-order valence-corrected chi connectivity index (χ3v) is 7.92. The van der Waals surface area contributed by atoms with Crippen molar-refractivity contribution in [1.29, 1.82) is 0 Å². The van der Waals surface area contributed by atoms with Gasteiger partial charge in [-0.3, -0.25) is 9.80 Å². The molecule has 1 N–H and O–H groups in total. The highest BCUT2D eigenvalue weighted by Crippen LogP contribution is 2.39. The number of piperazine rings is 1. The van der Waals surface area contributed by atoms with Gasteiger partial charge in [0, 0.05) is 38.1 Å². The molecule has 0 aromatic heterocycles. The van der Waals surface area contributed by atoms with Crippen LogP contribution < -0.4 is 0 Å². The summed E-state index contributed by atoms with van der Waals surface area (Å²) < 4.78 is 0. The van der Waals surface area contributed by atoms with Gasteiger partial charge in [0.1, 0.15) is 0 Å². The van der Waals surface area contributed by atoms with Crippen LogP contribution in [0.5, 0.6) is 0 Å². The molecule has 1 aromatic carbocycles. The molecule has 1 aliphatic heterocycles.